The fraction of sp³-hybridized carbons (Fsp3) is 0.611. The van der Waals surface area contributed by atoms with E-state index in [4.69, 9.17) is 5.84 Å². The van der Waals surface area contributed by atoms with E-state index in [0.29, 0.717) is 13.1 Å². The summed E-state index contributed by atoms with van der Waals surface area (Å²) >= 11 is 0. The number of aromatic nitrogens is 2. The van der Waals surface area contributed by atoms with E-state index in [2.05, 4.69) is 16.0 Å². The van der Waals surface area contributed by atoms with E-state index in [1.807, 2.05) is 27.7 Å². The molecule has 0 aliphatic carbocycles. The average molecular weight is 422 g/mol. The highest BCUT2D eigenvalue weighted by Gasteiger charge is 2.42. The lowest BCUT2D eigenvalue weighted by Gasteiger charge is -2.39. The smallest absolute Gasteiger partial charge is 0.301 e. The van der Waals surface area contributed by atoms with Gasteiger partial charge in [-0.25, -0.2) is 15.0 Å². The molecular weight excluding hydrogens is 392 g/mol. The molecular formula is C18H30N8O4. The molecule has 0 saturated carbocycles. The van der Waals surface area contributed by atoms with Crippen LogP contribution in [0.5, 0.6) is 0 Å². The second-order valence-corrected chi connectivity index (χ2v) is 8.08. The molecule has 12 nitrogen and oxygen atoms in total. The molecule has 30 heavy (non-hydrogen) atoms. The first-order valence-electron chi connectivity index (χ1n) is 9.68. The number of hydrogen-bond acceptors (Lipinski definition) is 8. The molecule has 2 rings (SSSR count). The summed E-state index contributed by atoms with van der Waals surface area (Å²) in [5.41, 5.74) is 4.03. The summed E-state index contributed by atoms with van der Waals surface area (Å²) in [4.78, 5) is 52.2. The van der Waals surface area contributed by atoms with Crippen LogP contribution < -0.4 is 27.9 Å². The first-order valence-corrected chi connectivity index (χ1v) is 9.68. The van der Waals surface area contributed by atoms with Crippen molar-refractivity contribution in [1.82, 2.24) is 24.4 Å². The molecule has 1 unspecified atom stereocenters. The van der Waals surface area contributed by atoms with Crippen molar-refractivity contribution >= 4 is 23.5 Å². The summed E-state index contributed by atoms with van der Waals surface area (Å²) in [6.07, 6.45) is -0.965. The van der Waals surface area contributed by atoms with Crippen LogP contribution in [0.2, 0.25) is 0 Å². The highest BCUT2D eigenvalue weighted by atomic mass is 16.2. The van der Waals surface area contributed by atoms with Crippen molar-refractivity contribution in [1.29, 1.82) is 0 Å². The van der Waals surface area contributed by atoms with Crippen molar-refractivity contribution in [2.24, 2.45) is 29.8 Å². The lowest BCUT2D eigenvalue weighted by atomic mass is 10.1. The Bertz CT molecular complexity index is 962. The minimum Gasteiger partial charge on any atom is -0.301 e. The number of carbonyl (C=O) groups excluding carboxylic acids is 2. The fourth-order valence-corrected chi connectivity index (χ4v) is 3.10. The third-order valence-corrected chi connectivity index (χ3v) is 4.58. The molecule has 0 radical (unpaired) electrons. The van der Waals surface area contributed by atoms with Crippen molar-refractivity contribution in [2.45, 2.75) is 40.4 Å². The van der Waals surface area contributed by atoms with Crippen molar-refractivity contribution < 1.29 is 9.59 Å². The van der Waals surface area contributed by atoms with E-state index in [1.54, 1.807) is 0 Å². The first-order chi connectivity index (χ1) is 14.0. The lowest BCUT2D eigenvalue weighted by molar-refractivity contribution is -0.122. The standard InChI is InChI=1S/C18H30N8O4/c1-10(2)8-25-12(7-13(27)23(5)17(25)29)21-22-14-15(20-19)26(9-11(3)4)18(30)24(6)16(14)28/h7,10-11,15,20-21H,8-9,19H2,1-6H3. The molecule has 1 aromatic heterocycles. The van der Waals surface area contributed by atoms with E-state index in [1.165, 1.54) is 29.6 Å². The molecule has 0 bridgehead atoms. The summed E-state index contributed by atoms with van der Waals surface area (Å²) in [6.45, 7) is 8.39. The zero-order valence-corrected chi connectivity index (χ0v) is 18.2. The molecule has 3 amide bonds. The topological polar surface area (TPSA) is 147 Å². The summed E-state index contributed by atoms with van der Waals surface area (Å²) in [5.74, 6) is 5.37. The van der Waals surface area contributed by atoms with Gasteiger partial charge in [0.15, 0.2) is 5.71 Å². The van der Waals surface area contributed by atoms with Gasteiger partial charge in [0.25, 0.3) is 11.5 Å². The van der Waals surface area contributed by atoms with Gasteiger partial charge in [-0.15, -0.1) is 0 Å². The largest absolute Gasteiger partial charge is 0.332 e. The van der Waals surface area contributed by atoms with Gasteiger partial charge in [-0.1, -0.05) is 27.7 Å². The zero-order valence-electron chi connectivity index (χ0n) is 18.2. The van der Waals surface area contributed by atoms with Gasteiger partial charge < -0.3 is 4.90 Å². The van der Waals surface area contributed by atoms with E-state index in [0.717, 1.165) is 9.47 Å². The molecule has 166 valence electrons. The Labute approximate surface area is 174 Å². The number of hydrazone groups is 1. The van der Waals surface area contributed by atoms with Gasteiger partial charge in [0.2, 0.25) is 0 Å². The molecule has 4 N–H and O–H groups in total. The van der Waals surface area contributed by atoms with Gasteiger partial charge in [-0.2, -0.15) is 5.10 Å². The van der Waals surface area contributed by atoms with Crippen molar-refractivity contribution in [3.05, 3.63) is 26.9 Å². The van der Waals surface area contributed by atoms with Crippen molar-refractivity contribution in [3.8, 4) is 0 Å². The number of nitrogens with one attached hydrogen (secondary N) is 2. The van der Waals surface area contributed by atoms with Gasteiger partial charge in [0.05, 0.1) is 0 Å². The molecule has 12 heteroatoms. The number of imide groups is 1. The highest BCUT2D eigenvalue weighted by Crippen LogP contribution is 2.15. The molecule has 1 aliphatic rings. The number of anilines is 1. The zero-order chi connectivity index (χ0) is 22.7. The summed E-state index contributed by atoms with van der Waals surface area (Å²) < 4.78 is 2.36. The molecule has 1 aliphatic heterocycles. The van der Waals surface area contributed by atoms with Crippen LogP contribution in [0.1, 0.15) is 27.7 Å². The molecule has 1 saturated heterocycles. The number of amides is 3. The molecule has 1 aromatic rings. The predicted octanol–water partition coefficient (Wildman–Crippen LogP) is -0.690. The highest BCUT2D eigenvalue weighted by molar-refractivity contribution is 6.44. The van der Waals surface area contributed by atoms with E-state index >= 15 is 0 Å². The van der Waals surface area contributed by atoms with E-state index < -0.39 is 29.4 Å². The molecule has 1 atom stereocenters. The Morgan fingerprint density at radius 3 is 2.20 bits per heavy atom. The Hall–Kier alpha value is -2.99. The number of nitrogens with zero attached hydrogens (tertiary/aromatic N) is 5. The van der Waals surface area contributed by atoms with Crippen LogP contribution in [-0.4, -0.2) is 56.3 Å². The number of nitrogens with two attached hydrogens (primary N) is 1. The van der Waals surface area contributed by atoms with E-state index in [9.17, 15) is 19.2 Å². The van der Waals surface area contributed by atoms with Gasteiger partial charge in [-0.3, -0.25) is 34.9 Å². The average Bonchev–Trinajstić information content (AvgIpc) is 2.67. The maximum absolute atomic E-state index is 12.7. The minimum absolute atomic E-state index is 0.0653. The van der Waals surface area contributed by atoms with Crippen LogP contribution >= 0.6 is 0 Å². The molecule has 1 fully saturated rings. The lowest BCUT2D eigenvalue weighted by Crippen LogP contribution is -2.67. The summed E-state index contributed by atoms with van der Waals surface area (Å²) in [5, 5.41) is 4.14. The molecule has 0 aromatic carbocycles. The third-order valence-electron chi connectivity index (χ3n) is 4.58. The third kappa shape index (κ3) is 4.60. The summed E-state index contributed by atoms with van der Waals surface area (Å²) in [6, 6.07) is 0.730. The number of carbonyl (C=O) groups is 2. The van der Waals surface area contributed by atoms with Gasteiger partial charge in [0.1, 0.15) is 12.0 Å². The SMILES string of the molecule is CC(C)CN1C(=O)N(C)C(=O)C(=NNc2cc(=O)n(C)c(=O)n2CC(C)C)C1NN. The van der Waals surface area contributed by atoms with Gasteiger partial charge in [-0.05, 0) is 11.8 Å². The van der Waals surface area contributed by atoms with Crippen molar-refractivity contribution in [3.63, 3.8) is 0 Å². The number of hydrazine groups is 1. The minimum atomic E-state index is -0.965. The monoisotopic (exact) mass is 422 g/mol. The second kappa shape index (κ2) is 9.22. The van der Waals surface area contributed by atoms with Crippen LogP contribution in [-0.2, 0) is 18.4 Å². The Morgan fingerprint density at radius 1 is 1.07 bits per heavy atom. The number of urea groups is 1. The number of rotatable bonds is 7. The maximum atomic E-state index is 12.7. The quantitative estimate of drug-likeness (QED) is 0.389. The first kappa shape index (κ1) is 23.3. The van der Waals surface area contributed by atoms with E-state index in [-0.39, 0.29) is 23.4 Å². The van der Waals surface area contributed by atoms with Gasteiger partial charge in [0, 0.05) is 33.3 Å². The normalized spacial score (nSPS) is 18.8. The van der Waals surface area contributed by atoms with Crippen LogP contribution in [0, 0.1) is 11.8 Å². The molecule has 0 spiro atoms. The van der Waals surface area contributed by atoms with Crippen molar-refractivity contribution in [2.75, 3.05) is 19.0 Å². The Morgan fingerprint density at radius 2 is 1.67 bits per heavy atom. The van der Waals surface area contributed by atoms with Crippen LogP contribution in [0.3, 0.4) is 0 Å². The van der Waals surface area contributed by atoms with Crippen LogP contribution in [0.25, 0.3) is 0 Å². The second-order valence-electron chi connectivity index (χ2n) is 8.08. The van der Waals surface area contributed by atoms with Crippen LogP contribution in [0.15, 0.2) is 20.8 Å². The Balaban J connectivity index is 2.51. The maximum Gasteiger partial charge on any atom is 0.332 e. The molecule has 2 heterocycles. The van der Waals surface area contributed by atoms with Crippen LogP contribution in [0.4, 0.5) is 10.6 Å². The Kier molecular flexibility index (Phi) is 7.16. The number of hydrogen-bond donors (Lipinski definition) is 3. The predicted molar refractivity (Wildman–Crippen MR) is 113 cm³/mol. The van der Waals surface area contributed by atoms with Gasteiger partial charge >= 0.3 is 11.7 Å². The fourth-order valence-electron chi connectivity index (χ4n) is 3.10. The summed E-state index contributed by atoms with van der Waals surface area (Å²) in [7, 11) is 2.74.